The number of hydrogen-bond acceptors (Lipinski definition) is 7. The molecule has 1 unspecified atom stereocenters. The second-order valence-corrected chi connectivity index (χ2v) is 9.01. The number of thioether (sulfide) groups is 1. The molecule has 10 heteroatoms. The molecule has 8 nitrogen and oxygen atoms in total. The molecule has 170 valence electrons. The molecule has 0 aliphatic rings. The molecule has 1 atom stereocenters. The molecular formula is C22H27N5O3S2. The standard InChI is InChI=1S/C22H27N5O3S2/c1-4-13-27(14-5-2)20(30)16(3)23-18(28)11-12-19(29)24-21-25-26-22(32-21)31-15-17-9-7-6-8-10-17/h4-10,16H,1-2,11-15H2,3H3,(H,23,28)(H,24,25,29). The third-order valence-electron chi connectivity index (χ3n) is 4.20. The van der Waals surface area contributed by atoms with Crippen LogP contribution in [0.15, 0.2) is 60.0 Å². The fourth-order valence-electron chi connectivity index (χ4n) is 2.66. The van der Waals surface area contributed by atoms with Crippen molar-refractivity contribution in [3.8, 4) is 0 Å². The first-order valence-electron chi connectivity index (χ1n) is 10.0. The molecule has 0 spiro atoms. The van der Waals surface area contributed by atoms with E-state index in [0.717, 1.165) is 10.1 Å². The summed E-state index contributed by atoms with van der Waals surface area (Å²) in [6.45, 7) is 9.58. The second-order valence-electron chi connectivity index (χ2n) is 6.81. The van der Waals surface area contributed by atoms with Gasteiger partial charge in [0.2, 0.25) is 22.9 Å². The van der Waals surface area contributed by atoms with E-state index in [4.69, 9.17) is 0 Å². The van der Waals surface area contributed by atoms with Crippen LogP contribution in [-0.2, 0) is 20.1 Å². The van der Waals surface area contributed by atoms with Gasteiger partial charge in [0.1, 0.15) is 6.04 Å². The average Bonchev–Trinajstić information content (AvgIpc) is 3.23. The van der Waals surface area contributed by atoms with Crippen molar-refractivity contribution in [2.45, 2.75) is 35.9 Å². The summed E-state index contributed by atoms with van der Waals surface area (Å²) in [6, 6.07) is 9.28. The van der Waals surface area contributed by atoms with Crippen molar-refractivity contribution in [3.05, 3.63) is 61.2 Å². The lowest BCUT2D eigenvalue weighted by molar-refractivity contribution is -0.135. The molecule has 3 amide bonds. The van der Waals surface area contributed by atoms with Crippen LogP contribution >= 0.6 is 23.1 Å². The number of nitrogens with zero attached hydrogens (tertiary/aromatic N) is 3. The van der Waals surface area contributed by atoms with Crippen molar-refractivity contribution in [2.24, 2.45) is 0 Å². The maximum absolute atomic E-state index is 12.4. The van der Waals surface area contributed by atoms with Crippen LogP contribution in [-0.4, -0.2) is 52.0 Å². The summed E-state index contributed by atoms with van der Waals surface area (Å²) in [5.41, 5.74) is 1.18. The van der Waals surface area contributed by atoms with Crippen LogP contribution in [0.5, 0.6) is 0 Å². The maximum atomic E-state index is 12.4. The molecule has 0 bridgehead atoms. The van der Waals surface area contributed by atoms with E-state index >= 15 is 0 Å². The van der Waals surface area contributed by atoms with E-state index in [-0.39, 0.29) is 30.6 Å². The quantitative estimate of drug-likeness (QED) is 0.263. The van der Waals surface area contributed by atoms with Gasteiger partial charge in [0, 0.05) is 31.7 Å². The van der Waals surface area contributed by atoms with Gasteiger partial charge in [-0.2, -0.15) is 0 Å². The van der Waals surface area contributed by atoms with Crippen LogP contribution in [0.3, 0.4) is 0 Å². The lowest BCUT2D eigenvalue weighted by Crippen LogP contribution is -2.47. The summed E-state index contributed by atoms with van der Waals surface area (Å²) in [4.78, 5) is 38.2. The Bertz CT molecular complexity index is 923. The van der Waals surface area contributed by atoms with Gasteiger partial charge in [-0.05, 0) is 12.5 Å². The minimum absolute atomic E-state index is 0.0259. The zero-order valence-electron chi connectivity index (χ0n) is 18.0. The summed E-state index contributed by atoms with van der Waals surface area (Å²) in [5.74, 6) is -0.196. The molecule has 1 aromatic heterocycles. The van der Waals surface area contributed by atoms with E-state index in [0.29, 0.717) is 18.2 Å². The van der Waals surface area contributed by atoms with Gasteiger partial charge in [-0.15, -0.1) is 23.4 Å². The Morgan fingerprint density at radius 3 is 2.41 bits per heavy atom. The van der Waals surface area contributed by atoms with E-state index in [1.165, 1.54) is 33.6 Å². The first-order valence-corrected chi connectivity index (χ1v) is 11.8. The van der Waals surface area contributed by atoms with Crippen LogP contribution in [0.25, 0.3) is 0 Å². The molecule has 0 aliphatic carbocycles. The number of benzene rings is 1. The molecule has 2 N–H and O–H groups in total. The lowest BCUT2D eigenvalue weighted by atomic mass is 10.2. The first kappa shape index (κ1) is 25.3. The molecule has 0 saturated heterocycles. The van der Waals surface area contributed by atoms with E-state index < -0.39 is 6.04 Å². The van der Waals surface area contributed by atoms with Gasteiger partial charge in [-0.3, -0.25) is 14.4 Å². The van der Waals surface area contributed by atoms with Crippen LogP contribution in [0.4, 0.5) is 5.13 Å². The average molecular weight is 474 g/mol. The number of hydrogen-bond donors (Lipinski definition) is 2. The predicted octanol–water partition coefficient (Wildman–Crippen LogP) is 3.25. The number of carbonyl (C=O) groups excluding carboxylic acids is 3. The number of anilines is 1. The fraction of sp³-hybridized carbons (Fsp3) is 0.318. The van der Waals surface area contributed by atoms with Crippen molar-refractivity contribution >= 4 is 46.0 Å². The molecule has 32 heavy (non-hydrogen) atoms. The zero-order valence-corrected chi connectivity index (χ0v) is 19.6. The molecule has 0 saturated carbocycles. The molecule has 1 heterocycles. The number of aromatic nitrogens is 2. The summed E-state index contributed by atoms with van der Waals surface area (Å²) in [5, 5.41) is 13.7. The van der Waals surface area contributed by atoms with Gasteiger partial charge >= 0.3 is 0 Å². The van der Waals surface area contributed by atoms with Gasteiger partial charge in [0.15, 0.2) is 4.34 Å². The molecular weight excluding hydrogens is 446 g/mol. The Morgan fingerprint density at radius 1 is 1.09 bits per heavy atom. The highest BCUT2D eigenvalue weighted by Gasteiger charge is 2.21. The van der Waals surface area contributed by atoms with E-state index in [1.54, 1.807) is 19.1 Å². The highest BCUT2D eigenvalue weighted by molar-refractivity contribution is 8.00. The maximum Gasteiger partial charge on any atom is 0.245 e. The van der Waals surface area contributed by atoms with Crippen molar-refractivity contribution in [2.75, 3.05) is 18.4 Å². The van der Waals surface area contributed by atoms with E-state index in [1.807, 2.05) is 30.3 Å². The van der Waals surface area contributed by atoms with Gasteiger partial charge in [0.05, 0.1) is 0 Å². The Morgan fingerprint density at radius 2 is 1.75 bits per heavy atom. The van der Waals surface area contributed by atoms with E-state index in [2.05, 4.69) is 34.0 Å². The number of amides is 3. The summed E-state index contributed by atoms with van der Waals surface area (Å²) in [7, 11) is 0. The summed E-state index contributed by atoms with van der Waals surface area (Å²) >= 11 is 2.82. The fourth-order valence-corrected chi connectivity index (χ4v) is 4.39. The number of rotatable bonds is 13. The van der Waals surface area contributed by atoms with Crippen LogP contribution < -0.4 is 10.6 Å². The topological polar surface area (TPSA) is 104 Å². The Kier molecular flexibility index (Phi) is 10.6. The van der Waals surface area contributed by atoms with Crippen molar-refractivity contribution in [3.63, 3.8) is 0 Å². The monoisotopic (exact) mass is 473 g/mol. The Balaban J connectivity index is 1.73. The largest absolute Gasteiger partial charge is 0.345 e. The lowest BCUT2D eigenvalue weighted by Gasteiger charge is -2.23. The van der Waals surface area contributed by atoms with Crippen molar-refractivity contribution in [1.29, 1.82) is 0 Å². The highest BCUT2D eigenvalue weighted by atomic mass is 32.2. The van der Waals surface area contributed by atoms with Crippen molar-refractivity contribution < 1.29 is 14.4 Å². The predicted molar refractivity (Wildman–Crippen MR) is 128 cm³/mol. The van der Waals surface area contributed by atoms with Gasteiger partial charge in [-0.1, -0.05) is 65.6 Å². The van der Waals surface area contributed by atoms with Gasteiger partial charge in [0.25, 0.3) is 0 Å². The molecule has 2 aromatic rings. The number of carbonyl (C=O) groups is 3. The molecule has 1 aromatic carbocycles. The second kappa shape index (κ2) is 13.4. The SMILES string of the molecule is C=CCN(CC=C)C(=O)C(C)NC(=O)CCC(=O)Nc1nnc(SCc2ccccc2)s1. The smallest absolute Gasteiger partial charge is 0.245 e. The molecule has 2 rings (SSSR count). The minimum atomic E-state index is -0.710. The normalized spacial score (nSPS) is 11.3. The zero-order chi connectivity index (χ0) is 23.3. The molecule has 0 aliphatic heterocycles. The number of nitrogens with one attached hydrogen (secondary N) is 2. The third kappa shape index (κ3) is 8.64. The first-order chi connectivity index (χ1) is 15.4. The summed E-state index contributed by atoms with van der Waals surface area (Å²) < 4.78 is 0.748. The highest BCUT2D eigenvalue weighted by Crippen LogP contribution is 2.28. The third-order valence-corrected chi connectivity index (χ3v) is 6.24. The molecule has 0 radical (unpaired) electrons. The minimum Gasteiger partial charge on any atom is -0.345 e. The van der Waals surface area contributed by atoms with Crippen LogP contribution in [0.2, 0.25) is 0 Å². The van der Waals surface area contributed by atoms with E-state index in [9.17, 15) is 14.4 Å². The molecule has 0 fully saturated rings. The summed E-state index contributed by atoms with van der Waals surface area (Å²) in [6.07, 6.45) is 3.15. The van der Waals surface area contributed by atoms with Crippen LogP contribution in [0.1, 0.15) is 25.3 Å². The van der Waals surface area contributed by atoms with Gasteiger partial charge < -0.3 is 15.5 Å². The Hall–Kier alpha value is -2.98. The Labute approximate surface area is 196 Å². The van der Waals surface area contributed by atoms with Gasteiger partial charge in [-0.25, -0.2) is 0 Å². The van der Waals surface area contributed by atoms with Crippen LogP contribution in [0, 0.1) is 0 Å². The van der Waals surface area contributed by atoms with Crippen molar-refractivity contribution in [1.82, 2.24) is 20.4 Å².